The molecule has 4 heteroatoms. The topological polar surface area (TPSA) is 42.4 Å². The molecular weight excluding hydrogens is 504 g/mol. The van der Waals surface area contributed by atoms with Crippen LogP contribution in [0.2, 0.25) is 0 Å². The van der Waals surface area contributed by atoms with Gasteiger partial charge in [-0.15, -0.1) is 0 Å². The predicted molar refractivity (Wildman–Crippen MR) is 167 cm³/mol. The lowest BCUT2D eigenvalue weighted by molar-refractivity contribution is 0.620. The standard InChI is InChI=1S/C37H24N2O2/c1-3-11-25(12-4-1)26-13-9-16-28(23-26)39(27-14-5-2-6-15-27)29-21-22-33-31(24-29)36-30(17-10-20-35(36)40-33)37-38-32-18-7-8-19-34(32)41-37/h1-24H. The molecule has 0 saturated carbocycles. The molecule has 194 valence electrons. The molecule has 2 aromatic heterocycles. The van der Waals surface area contributed by atoms with Gasteiger partial charge in [0.15, 0.2) is 5.58 Å². The first-order valence-corrected chi connectivity index (χ1v) is 13.6. The number of aromatic nitrogens is 1. The lowest BCUT2D eigenvalue weighted by atomic mass is 10.0. The van der Waals surface area contributed by atoms with Gasteiger partial charge in [-0.25, -0.2) is 4.98 Å². The smallest absolute Gasteiger partial charge is 0.228 e. The van der Waals surface area contributed by atoms with Gasteiger partial charge in [0, 0.05) is 33.4 Å². The molecule has 6 aromatic carbocycles. The number of para-hydroxylation sites is 3. The third-order valence-electron chi connectivity index (χ3n) is 7.49. The molecule has 0 bridgehead atoms. The molecule has 0 aliphatic carbocycles. The Kier molecular flexibility index (Phi) is 5.42. The van der Waals surface area contributed by atoms with Gasteiger partial charge >= 0.3 is 0 Å². The molecular formula is C37H24N2O2. The molecule has 41 heavy (non-hydrogen) atoms. The van der Waals surface area contributed by atoms with Crippen LogP contribution in [-0.4, -0.2) is 4.98 Å². The van der Waals surface area contributed by atoms with Crippen LogP contribution in [-0.2, 0) is 0 Å². The van der Waals surface area contributed by atoms with E-state index < -0.39 is 0 Å². The normalized spacial score (nSPS) is 11.4. The van der Waals surface area contributed by atoms with Crippen LogP contribution >= 0.6 is 0 Å². The summed E-state index contributed by atoms with van der Waals surface area (Å²) in [5, 5.41) is 2.00. The van der Waals surface area contributed by atoms with Crippen molar-refractivity contribution in [1.82, 2.24) is 4.98 Å². The number of hydrogen-bond acceptors (Lipinski definition) is 4. The van der Waals surface area contributed by atoms with Crippen LogP contribution in [0, 0.1) is 0 Å². The molecule has 0 amide bonds. The maximum atomic E-state index is 6.32. The first-order valence-electron chi connectivity index (χ1n) is 13.6. The van der Waals surface area contributed by atoms with Crippen molar-refractivity contribution >= 4 is 50.1 Å². The van der Waals surface area contributed by atoms with E-state index in [1.807, 2.05) is 54.6 Å². The highest BCUT2D eigenvalue weighted by atomic mass is 16.3. The molecule has 0 saturated heterocycles. The Morgan fingerprint density at radius 2 is 1.15 bits per heavy atom. The van der Waals surface area contributed by atoms with Crippen LogP contribution < -0.4 is 4.90 Å². The van der Waals surface area contributed by atoms with Gasteiger partial charge < -0.3 is 13.7 Å². The summed E-state index contributed by atoms with van der Waals surface area (Å²) in [6, 6.07) is 49.8. The van der Waals surface area contributed by atoms with Crippen molar-refractivity contribution in [1.29, 1.82) is 0 Å². The Morgan fingerprint density at radius 1 is 0.463 bits per heavy atom. The maximum Gasteiger partial charge on any atom is 0.228 e. The van der Waals surface area contributed by atoms with Crippen molar-refractivity contribution in [3.8, 4) is 22.6 Å². The third kappa shape index (κ3) is 4.05. The summed E-state index contributed by atoms with van der Waals surface area (Å²) in [5.74, 6) is 0.584. The summed E-state index contributed by atoms with van der Waals surface area (Å²) in [7, 11) is 0. The van der Waals surface area contributed by atoms with E-state index in [2.05, 4.69) is 95.9 Å². The van der Waals surface area contributed by atoms with Crippen LogP contribution in [0.1, 0.15) is 0 Å². The third-order valence-corrected chi connectivity index (χ3v) is 7.49. The van der Waals surface area contributed by atoms with Gasteiger partial charge in [0.2, 0.25) is 5.89 Å². The van der Waals surface area contributed by atoms with Gasteiger partial charge in [0.25, 0.3) is 0 Å². The van der Waals surface area contributed by atoms with E-state index >= 15 is 0 Å². The van der Waals surface area contributed by atoms with Gasteiger partial charge in [-0.1, -0.05) is 78.9 Å². The second-order valence-corrected chi connectivity index (χ2v) is 10.0. The summed E-state index contributed by atoms with van der Waals surface area (Å²) >= 11 is 0. The minimum absolute atomic E-state index is 0.584. The Morgan fingerprint density at radius 3 is 2.00 bits per heavy atom. The van der Waals surface area contributed by atoms with Gasteiger partial charge in [0.05, 0.1) is 0 Å². The number of nitrogens with zero attached hydrogens (tertiary/aromatic N) is 2. The molecule has 4 nitrogen and oxygen atoms in total. The highest BCUT2D eigenvalue weighted by Gasteiger charge is 2.19. The zero-order valence-corrected chi connectivity index (χ0v) is 22.1. The van der Waals surface area contributed by atoms with E-state index in [0.29, 0.717) is 5.89 Å². The number of oxazole rings is 1. The molecule has 0 N–H and O–H groups in total. The molecule has 0 fully saturated rings. The van der Waals surface area contributed by atoms with Crippen molar-refractivity contribution in [2.75, 3.05) is 4.90 Å². The first-order chi connectivity index (χ1) is 20.3. The largest absolute Gasteiger partial charge is 0.456 e. The lowest BCUT2D eigenvalue weighted by Gasteiger charge is -2.26. The number of benzene rings is 6. The van der Waals surface area contributed by atoms with Crippen LogP contribution in [0.25, 0.3) is 55.6 Å². The number of furan rings is 1. The highest BCUT2D eigenvalue weighted by molar-refractivity contribution is 6.13. The molecule has 0 atom stereocenters. The average Bonchev–Trinajstić information content (AvgIpc) is 3.64. The van der Waals surface area contributed by atoms with E-state index in [-0.39, 0.29) is 0 Å². The molecule has 0 aliphatic heterocycles. The lowest BCUT2D eigenvalue weighted by Crippen LogP contribution is -2.09. The fraction of sp³-hybridized carbons (Fsp3) is 0. The Labute approximate surface area is 236 Å². The number of rotatable bonds is 5. The summed E-state index contributed by atoms with van der Waals surface area (Å²) in [4.78, 5) is 7.08. The number of hydrogen-bond donors (Lipinski definition) is 0. The molecule has 8 aromatic rings. The number of anilines is 3. The van der Waals surface area contributed by atoms with Crippen LogP contribution in [0.3, 0.4) is 0 Å². The summed E-state index contributed by atoms with van der Waals surface area (Å²) in [5.41, 5.74) is 9.65. The summed E-state index contributed by atoms with van der Waals surface area (Å²) < 4.78 is 12.5. The zero-order chi connectivity index (χ0) is 27.2. The molecule has 0 spiro atoms. The van der Waals surface area contributed by atoms with Gasteiger partial charge in [0.1, 0.15) is 16.7 Å². The molecule has 0 aliphatic rings. The van der Waals surface area contributed by atoms with Gasteiger partial charge in [-0.05, 0) is 77.9 Å². The van der Waals surface area contributed by atoms with Crippen molar-refractivity contribution in [3.05, 3.63) is 146 Å². The molecule has 0 unspecified atom stereocenters. The zero-order valence-electron chi connectivity index (χ0n) is 22.1. The van der Waals surface area contributed by atoms with Crippen LogP contribution in [0.4, 0.5) is 17.1 Å². The van der Waals surface area contributed by atoms with E-state index in [1.165, 1.54) is 5.56 Å². The fourth-order valence-corrected chi connectivity index (χ4v) is 5.60. The second kappa shape index (κ2) is 9.54. The molecule has 2 heterocycles. The van der Waals surface area contributed by atoms with Crippen molar-refractivity contribution in [3.63, 3.8) is 0 Å². The molecule has 8 rings (SSSR count). The number of fused-ring (bicyclic) bond motifs is 4. The summed E-state index contributed by atoms with van der Waals surface area (Å²) in [6.45, 7) is 0. The van der Waals surface area contributed by atoms with E-state index in [4.69, 9.17) is 13.8 Å². The summed E-state index contributed by atoms with van der Waals surface area (Å²) in [6.07, 6.45) is 0. The van der Waals surface area contributed by atoms with Crippen molar-refractivity contribution in [2.45, 2.75) is 0 Å². The van der Waals surface area contributed by atoms with E-state index in [9.17, 15) is 0 Å². The van der Waals surface area contributed by atoms with Gasteiger partial charge in [-0.3, -0.25) is 0 Å². The van der Waals surface area contributed by atoms with E-state index in [0.717, 1.165) is 61.2 Å². The highest BCUT2D eigenvalue weighted by Crippen LogP contribution is 2.42. The predicted octanol–water partition coefficient (Wildman–Crippen LogP) is 10.5. The average molecular weight is 529 g/mol. The van der Waals surface area contributed by atoms with Crippen LogP contribution in [0.5, 0.6) is 0 Å². The fourth-order valence-electron chi connectivity index (χ4n) is 5.60. The molecule has 0 radical (unpaired) electrons. The Bertz CT molecular complexity index is 2130. The second-order valence-electron chi connectivity index (χ2n) is 10.0. The SMILES string of the molecule is c1ccc(-c2cccc(N(c3ccccc3)c3ccc4oc5cccc(-c6nc7ccccc7o6)c5c4c3)c2)cc1. The van der Waals surface area contributed by atoms with E-state index in [1.54, 1.807) is 0 Å². The Balaban J connectivity index is 1.33. The minimum Gasteiger partial charge on any atom is -0.456 e. The first kappa shape index (κ1) is 23.3. The minimum atomic E-state index is 0.584. The Hall–Kier alpha value is -5.61. The van der Waals surface area contributed by atoms with Crippen molar-refractivity contribution in [2.24, 2.45) is 0 Å². The van der Waals surface area contributed by atoms with Crippen molar-refractivity contribution < 1.29 is 8.83 Å². The van der Waals surface area contributed by atoms with Gasteiger partial charge in [-0.2, -0.15) is 0 Å². The maximum absolute atomic E-state index is 6.32. The van der Waals surface area contributed by atoms with Crippen LogP contribution in [0.15, 0.2) is 154 Å². The monoisotopic (exact) mass is 528 g/mol. The quantitative estimate of drug-likeness (QED) is 0.223.